The minimum absolute atomic E-state index is 0.367. The summed E-state index contributed by atoms with van der Waals surface area (Å²) in [6.45, 7) is 2.24. The number of hydrogen-bond acceptors (Lipinski definition) is 0. The van der Waals surface area contributed by atoms with Crippen molar-refractivity contribution in [3.63, 3.8) is 0 Å². The quantitative estimate of drug-likeness (QED) is 0.682. The molecule has 0 amide bonds. The zero-order valence-corrected chi connectivity index (χ0v) is 11.0. The van der Waals surface area contributed by atoms with Gasteiger partial charge < -0.3 is 4.98 Å². The van der Waals surface area contributed by atoms with Gasteiger partial charge in [-0.05, 0) is 28.8 Å². The fourth-order valence-electron chi connectivity index (χ4n) is 2.54. The molecule has 1 heteroatoms. The van der Waals surface area contributed by atoms with E-state index in [9.17, 15) is 0 Å². The highest BCUT2D eigenvalue weighted by Gasteiger charge is 2.13. The molecular formula is C18H17N. The van der Waals surface area contributed by atoms with Crippen LogP contribution in [0, 0.1) is 0 Å². The molecule has 0 bridgehead atoms. The Morgan fingerprint density at radius 3 is 2.26 bits per heavy atom. The summed E-state index contributed by atoms with van der Waals surface area (Å²) in [6, 6.07) is 23.4. The number of benzene rings is 2. The molecule has 3 rings (SSSR count). The Kier molecular flexibility index (Phi) is 3.20. The summed E-state index contributed by atoms with van der Waals surface area (Å²) in [5.41, 5.74) is 5.20. The van der Waals surface area contributed by atoms with E-state index >= 15 is 0 Å². The van der Waals surface area contributed by atoms with Crippen molar-refractivity contribution in [1.29, 1.82) is 0 Å². The van der Waals surface area contributed by atoms with Gasteiger partial charge in [-0.15, -0.1) is 0 Å². The first-order chi connectivity index (χ1) is 9.36. The number of aromatic amines is 1. The maximum atomic E-state index is 3.31. The van der Waals surface area contributed by atoms with Gasteiger partial charge in [-0.3, -0.25) is 0 Å². The molecule has 1 heterocycles. The van der Waals surface area contributed by atoms with Gasteiger partial charge in [0.15, 0.2) is 0 Å². The lowest BCUT2D eigenvalue weighted by atomic mass is 9.90. The second-order valence-electron chi connectivity index (χ2n) is 4.80. The average molecular weight is 247 g/mol. The maximum absolute atomic E-state index is 3.31. The van der Waals surface area contributed by atoms with E-state index in [4.69, 9.17) is 0 Å². The first kappa shape index (κ1) is 11.8. The maximum Gasteiger partial charge on any atom is 0.0220 e. The van der Waals surface area contributed by atoms with Gasteiger partial charge in [0.2, 0.25) is 0 Å². The summed E-state index contributed by atoms with van der Waals surface area (Å²) < 4.78 is 0. The highest BCUT2D eigenvalue weighted by Crippen LogP contribution is 2.32. The first-order valence-corrected chi connectivity index (χ1v) is 6.64. The van der Waals surface area contributed by atoms with Crippen LogP contribution in [-0.2, 0) is 0 Å². The van der Waals surface area contributed by atoms with Gasteiger partial charge in [0.1, 0.15) is 0 Å². The average Bonchev–Trinajstić information content (AvgIpc) is 3.02. The van der Waals surface area contributed by atoms with Gasteiger partial charge in [-0.1, -0.05) is 61.5 Å². The molecule has 0 fully saturated rings. The molecule has 0 saturated heterocycles. The van der Waals surface area contributed by atoms with Crippen molar-refractivity contribution in [3.8, 4) is 11.1 Å². The van der Waals surface area contributed by atoms with Crippen molar-refractivity contribution in [2.24, 2.45) is 0 Å². The summed E-state index contributed by atoms with van der Waals surface area (Å²) >= 11 is 0. The van der Waals surface area contributed by atoms with E-state index in [0.29, 0.717) is 5.92 Å². The van der Waals surface area contributed by atoms with E-state index in [1.807, 2.05) is 6.20 Å². The van der Waals surface area contributed by atoms with Gasteiger partial charge in [-0.2, -0.15) is 0 Å². The molecule has 94 valence electrons. The molecule has 1 unspecified atom stereocenters. The lowest BCUT2D eigenvalue weighted by molar-refractivity contribution is 0.886. The highest BCUT2D eigenvalue weighted by atomic mass is 14.7. The highest BCUT2D eigenvalue weighted by molar-refractivity contribution is 5.68. The van der Waals surface area contributed by atoms with Gasteiger partial charge in [0, 0.05) is 17.8 Å². The Morgan fingerprint density at radius 2 is 1.53 bits per heavy atom. The van der Waals surface area contributed by atoms with Crippen LogP contribution >= 0.6 is 0 Å². The second kappa shape index (κ2) is 5.15. The van der Waals surface area contributed by atoms with Crippen LogP contribution in [0.15, 0.2) is 72.9 Å². The summed E-state index contributed by atoms with van der Waals surface area (Å²) in [5.74, 6) is 0.367. The van der Waals surface area contributed by atoms with E-state index in [-0.39, 0.29) is 0 Å². The third-order valence-corrected chi connectivity index (χ3v) is 3.60. The molecule has 19 heavy (non-hydrogen) atoms. The minimum atomic E-state index is 0.367. The van der Waals surface area contributed by atoms with Gasteiger partial charge in [0.05, 0.1) is 0 Å². The van der Waals surface area contributed by atoms with E-state index < -0.39 is 0 Å². The largest absolute Gasteiger partial charge is 0.364 e. The van der Waals surface area contributed by atoms with Crippen LogP contribution in [0.25, 0.3) is 11.1 Å². The molecule has 0 aliphatic rings. The van der Waals surface area contributed by atoms with Gasteiger partial charge in [0.25, 0.3) is 0 Å². The Bertz CT molecular complexity index is 638. The van der Waals surface area contributed by atoms with Crippen molar-refractivity contribution in [1.82, 2.24) is 4.98 Å². The van der Waals surface area contributed by atoms with Gasteiger partial charge >= 0.3 is 0 Å². The Morgan fingerprint density at radius 1 is 0.789 bits per heavy atom. The lowest BCUT2D eigenvalue weighted by Gasteiger charge is -2.15. The second-order valence-corrected chi connectivity index (χ2v) is 4.80. The Hall–Kier alpha value is -2.28. The van der Waals surface area contributed by atoms with Crippen molar-refractivity contribution >= 4 is 0 Å². The lowest BCUT2D eigenvalue weighted by Crippen LogP contribution is -1.98. The van der Waals surface area contributed by atoms with E-state index in [1.54, 1.807) is 0 Å². The molecule has 3 aromatic rings. The van der Waals surface area contributed by atoms with Crippen LogP contribution in [0.1, 0.15) is 24.1 Å². The molecule has 0 aliphatic heterocycles. The SMILES string of the molecule is CC(c1ccc[nH]1)c1ccccc1-c1ccccc1. The van der Waals surface area contributed by atoms with Crippen molar-refractivity contribution in [3.05, 3.63) is 84.2 Å². The topological polar surface area (TPSA) is 15.8 Å². The first-order valence-electron chi connectivity index (χ1n) is 6.64. The van der Waals surface area contributed by atoms with Crippen LogP contribution in [0.3, 0.4) is 0 Å². The minimum Gasteiger partial charge on any atom is -0.364 e. The zero-order chi connectivity index (χ0) is 13.1. The van der Waals surface area contributed by atoms with Crippen LogP contribution in [0.5, 0.6) is 0 Å². The van der Waals surface area contributed by atoms with E-state index in [0.717, 1.165) is 0 Å². The van der Waals surface area contributed by atoms with E-state index in [1.165, 1.54) is 22.4 Å². The van der Waals surface area contributed by atoms with Crippen LogP contribution in [-0.4, -0.2) is 4.98 Å². The normalized spacial score (nSPS) is 12.3. The predicted molar refractivity (Wildman–Crippen MR) is 80.2 cm³/mol. The standard InChI is InChI=1S/C18H17N/c1-14(18-12-7-13-19-18)16-10-5-6-11-17(16)15-8-3-2-4-9-15/h2-14,19H,1H3. The van der Waals surface area contributed by atoms with Crippen LogP contribution in [0.2, 0.25) is 0 Å². The van der Waals surface area contributed by atoms with Crippen LogP contribution < -0.4 is 0 Å². The monoisotopic (exact) mass is 247 g/mol. The fourth-order valence-corrected chi connectivity index (χ4v) is 2.54. The molecule has 0 aliphatic carbocycles. The number of hydrogen-bond donors (Lipinski definition) is 1. The smallest absolute Gasteiger partial charge is 0.0220 e. The number of rotatable bonds is 3. The predicted octanol–water partition coefficient (Wildman–Crippen LogP) is 4.83. The number of aromatic nitrogens is 1. The summed E-state index contributed by atoms with van der Waals surface area (Å²) in [7, 11) is 0. The van der Waals surface area contributed by atoms with Crippen molar-refractivity contribution in [2.75, 3.05) is 0 Å². The number of nitrogens with one attached hydrogen (secondary N) is 1. The molecule has 1 atom stereocenters. The van der Waals surface area contributed by atoms with Crippen LogP contribution in [0.4, 0.5) is 0 Å². The third kappa shape index (κ3) is 2.32. The Balaban J connectivity index is 2.08. The molecule has 1 nitrogen and oxygen atoms in total. The molecular weight excluding hydrogens is 230 g/mol. The summed E-state index contributed by atoms with van der Waals surface area (Å²) in [5, 5.41) is 0. The van der Waals surface area contributed by atoms with Crippen molar-refractivity contribution in [2.45, 2.75) is 12.8 Å². The molecule has 0 saturated carbocycles. The molecule has 0 spiro atoms. The molecule has 1 N–H and O–H groups in total. The van der Waals surface area contributed by atoms with E-state index in [2.05, 4.69) is 78.6 Å². The fraction of sp³-hybridized carbons (Fsp3) is 0.111. The molecule has 2 aromatic carbocycles. The number of H-pyrrole nitrogens is 1. The van der Waals surface area contributed by atoms with Crippen molar-refractivity contribution < 1.29 is 0 Å². The Labute approximate surface area is 113 Å². The summed E-state index contributed by atoms with van der Waals surface area (Å²) in [4.78, 5) is 3.31. The molecule has 0 radical (unpaired) electrons. The zero-order valence-electron chi connectivity index (χ0n) is 11.0. The summed E-state index contributed by atoms with van der Waals surface area (Å²) in [6.07, 6.45) is 1.98. The van der Waals surface area contributed by atoms with Gasteiger partial charge in [-0.25, -0.2) is 0 Å². The molecule has 1 aromatic heterocycles. The third-order valence-electron chi connectivity index (χ3n) is 3.60.